The Labute approximate surface area is 161 Å². The number of hydrogen-bond acceptors (Lipinski definition) is 0. The highest BCUT2D eigenvalue weighted by atomic mass is 28.3. The predicted octanol–water partition coefficient (Wildman–Crippen LogP) is 5.37. The van der Waals surface area contributed by atoms with Crippen molar-refractivity contribution in [1.29, 1.82) is 0 Å². The fourth-order valence-electron chi connectivity index (χ4n) is 4.48. The molecule has 0 saturated heterocycles. The van der Waals surface area contributed by atoms with Crippen LogP contribution in [-0.4, -0.2) is 30.5 Å². The summed E-state index contributed by atoms with van der Waals surface area (Å²) in [5, 5.41) is 7.95. The summed E-state index contributed by atoms with van der Waals surface area (Å²) in [6.45, 7) is 7.35. The maximum Gasteiger partial charge on any atom is 0.338 e. The third-order valence-corrected chi connectivity index (χ3v) is 7.62. The SMILES string of the molecule is C[Si](C)(C)[N+](=C(NC1CCCCC1)NC1CCCCC1)c1ccccc1. The molecule has 144 valence electrons. The fourth-order valence-corrected chi connectivity index (χ4v) is 6.20. The maximum atomic E-state index is 3.97. The Bertz CT molecular complexity index is 557. The van der Waals surface area contributed by atoms with Gasteiger partial charge in [0.15, 0.2) is 0 Å². The lowest BCUT2D eigenvalue weighted by molar-refractivity contribution is -0.303. The van der Waals surface area contributed by atoms with Crippen molar-refractivity contribution in [1.82, 2.24) is 10.6 Å². The van der Waals surface area contributed by atoms with Crippen LogP contribution in [0.2, 0.25) is 19.6 Å². The second-order valence-electron chi connectivity index (χ2n) is 9.15. The van der Waals surface area contributed by atoms with Crippen LogP contribution in [0.4, 0.5) is 5.69 Å². The van der Waals surface area contributed by atoms with Gasteiger partial charge in [-0.2, -0.15) is 0 Å². The van der Waals surface area contributed by atoms with Crippen LogP contribution in [0, 0.1) is 0 Å². The van der Waals surface area contributed by atoms with Crippen molar-refractivity contribution < 1.29 is 4.24 Å². The molecule has 1 aromatic rings. The summed E-state index contributed by atoms with van der Waals surface area (Å²) in [7, 11) is -1.59. The maximum absolute atomic E-state index is 3.97. The van der Waals surface area contributed by atoms with Crippen LogP contribution in [0.15, 0.2) is 30.3 Å². The Kier molecular flexibility index (Phi) is 6.79. The minimum atomic E-state index is -1.59. The fraction of sp³-hybridized carbons (Fsp3) is 0.682. The average molecular weight is 373 g/mol. The van der Waals surface area contributed by atoms with E-state index in [1.165, 1.54) is 75.9 Å². The van der Waals surface area contributed by atoms with Crippen LogP contribution in [0.1, 0.15) is 64.2 Å². The Morgan fingerprint density at radius 1 is 0.769 bits per heavy atom. The van der Waals surface area contributed by atoms with E-state index in [2.05, 4.69) is 64.8 Å². The molecule has 2 fully saturated rings. The van der Waals surface area contributed by atoms with E-state index in [0.29, 0.717) is 12.1 Å². The van der Waals surface area contributed by atoms with Gasteiger partial charge >= 0.3 is 5.96 Å². The van der Waals surface area contributed by atoms with Gasteiger partial charge in [-0.05, 0) is 57.5 Å². The van der Waals surface area contributed by atoms with Gasteiger partial charge in [0.25, 0.3) is 0 Å². The highest BCUT2D eigenvalue weighted by molar-refractivity contribution is 6.69. The van der Waals surface area contributed by atoms with Crippen LogP contribution >= 0.6 is 0 Å². The zero-order valence-electron chi connectivity index (χ0n) is 17.1. The van der Waals surface area contributed by atoms with Gasteiger partial charge in [0.1, 0.15) is 0 Å². The van der Waals surface area contributed by atoms with Crippen LogP contribution in [-0.2, 0) is 0 Å². The molecule has 0 unspecified atom stereocenters. The molecule has 0 amide bonds. The van der Waals surface area contributed by atoms with Gasteiger partial charge in [-0.15, -0.1) is 0 Å². The molecule has 0 radical (unpaired) electrons. The van der Waals surface area contributed by atoms with E-state index in [-0.39, 0.29) is 0 Å². The number of nitrogens with zero attached hydrogens (tertiary/aromatic N) is 1. The van der Waals surface area contributed by atoms with Crippen molar-refractivity contribution in [3.8, 4) is 0 Å². The molecule has 26 heavy (non-hydrogen) atoms. The van der Waals surface area contributed by atoms with E-state index in [9.17, 15) is 0 Å². The molecule has 2 aliphatic carbocycles. The lowest BCUT2D eigenvalue weighted by atomic mass is 9.95. The van der Waals surface area contributed by atoms with E-state index < -0.39 is 8.24 Å². The predicted molar refractivity (Wildman–Crippen MR) is 115 cm³/mol. The number of guanidine groups is 1. The summed E-state index contributed by atoms with van der Waals surface area (Å²) in [6.07, 6.45) is 13.5. The summed E-state index contributed by atoms with van der Waals surface area (Å²) in [6, 6.07) is 12.2. The topological polar surface area (TPSA) is 27.1 Å². The Morgan fingerprint density at radius 3 is 1.65 bits per heavy atom. The number of nitrogens with one attached hydrogen (secondary N) is 2. The van der Waals surface area contributed by atoms with Crippen LogP contribution < -0.4 is 10.6 Å². The first kappa shape index (κ1) is 19.5. The van der Waals surface area contributed by atoms with E-state index in [0.717, 1.165) is 0 Å². The quantitative estimate of drug-likeness (QED) is 0.422. The van der Waals surface area contributed by atoms with Gasteiger partial charge < -0.3 is 0 Å². The Morgan fingerprint density at radius 2 is 1.23 bits per heavy atom. The van der Waals surface area contributed by atoms with Gasteiger partial charge in [0, 0.05) is 0 Å². The molecule has 0 bridgehead atoms. The first-order valence-electron chi connectivity index (χ1n) is 10.8. The van der Waals surface area contributed by atoms with Gasteiger partial charge in [0.05, 0.1) is 17.8 Å². The lowest BCUT2D eigenvalue weighted by Gasteiger charge is -2.30. The van der Waals surface area contributed by atoms with Crippen LogP contribution in [0.25, 0.3) is 0 Å². The van der Waals surface area contributed by atoms with Gasteiger partial charge in [0.2, 0.25) is 8.24 Å². The first-order valence-corrected chi connectivity index (χ1v) is 14.2. The van der Waals surface area contributed by atoms with Gasteiger partial charge in [-0.3, -0.25) is 14.9 Å². The zero-order chi connectivity index (χ0) is 18.4. The molecule has 0 atom stereocenters. The number of para-hydroxylation sites is 1. The van der Waals surface area contributed by atoms with Gasteiger partial charge in [-0.25, -0.2) is 0 Å². The monoisotopic (exact) mass is 372 g/mol. The molecule has 4 heteroatoms. The van der Waals surface area contributed by atoms with Crippen molar-refractivity contribution in [2.24, 2.45) is 0 Å². The molecular formula is C22H38N3Si+. The minimum absolute atomic E-state index is 0.623. The molecular weight excluding hydrogens is 334 g/mol. The first-order chi connectivity index (χ1) is 12.5. The van der Waals surface area contributed by atoms with E-state index in [1.807, 2.05) is 0 Å². The third-order valence-electron chi connectivity index (χ3n) is 5.80. The molecule has 0 aliphatic heterocycles. The molecule has 3 nitrogen and oxygen atoms in total. The molecule has 0 heterocycles. The van der Waals surface area contributed by atoms with E-state index in [4.69, 9.17) is 0 Å². The summed E-state index contributed by atoms with van der Waals surface area (Å²) in [4.78, 5) is 0. The van der Waals surface area contributed by atoms with Crippen LogP contribution in [0.5, 0.6) is 0 Å². The second-order valence-corrected chi connectivity index (χ2v) is 13.9. The lowest BCUT2D eigenvalue weighted by Crippen LogP contribution is -2.56. The second kappa shape index (κ2) is 9.07. The summed E-state index contributed by atoms with van der Waals surface area (Å²) in [5.74, 6) is 1.29. The van der Waals surface area contributed by atoms with Crippen molar-refractivity contribution in [3.05, 3.63) is 30.3 Å². The van der Waals surface area contributed by atoms with Crippen molar-refractivity contribution >= 4 is 19.9 Å². The van der Waals surface area contributed by atoms with Crippen LogP contribution in [0.3, 0.4) is 0 Å². The van der Waals surface area contributed by atoms with E-state index >= 15 is 0 Å². The molecule has 2 aliphatic rings. The highest BCUT2D eigenvalue weighted by Crippen LogP contribution is 2.22. The Hall–Kier alpha value is -1.29. The third kappa shape index (κ3) is 5.35. The molecule has 2 N–H and O–H groups in total. The Balaban J connectivity index is 1.94. The van der Waals surface area contributed by atoms with Gasteiger partial charge in [-0.1, -0.05) is 56.7 Å². The molecule has 1 aromatic carbocycles. The average Bonchev–Trinajstić information content (AvgIpc) is 2.63. The molecule has 0 aromatic heterocycles. The zero-order valence-corrected chi connectivity index (χ0v) is 18.1. The normalized spacial score (nSPS) is 19.8. The minimum Gasteiger partial charge on any atom is -0.276 e. The van der Waals surface area contributed by atoms with Crippen molar-refractivity contribution in [3.63, 3.8) is 0 Å². The standard InChI is InChI=1S/C22H37N3Si/c1-26(2,3)25(21-17-11-6-12-18-21)22(23-19-13-7-4-8-14-19)24-20-15-9-5-10-16-20/h6,11-12,17-20H,4-5,7-10,13-16H2,1-3H3,(H,23,24)/p+1. The molecule has 0 spiro atoms. The molecule has 3 rings (SSSR count). The largest absolute Gasteiger partial charge is 0.338 e. The smallest absolute Gasteiger partial charge is 0.276 e. The molecule has 2 saturated carbocycles. The van der Waals surface area contributed by atoms with Crippen molar-refractivity contribution in [2.75, 3.05) is 0 Å². The summed E-state index contributed by atoms with van der Waals surface area (Å²) < 4.78 is 2.62. The van der Waals surface area contributed by atoms with Crippen molar-refractivity contribution in [2.45, 2.75) is 95.9 Å². The number of rotatable bonds is 4. The summed E-state index contributed by atoms with van der Waals surface area (Å²) in [5.41, 5.74) is 1.33. The number of hydrogen-bond donors (Lipinski definition) is 2. The summed E-state index contributed by atoms with van der Waals surface area (Å²) >= 11 is 0. The number of benzene rings is 1. The highest BCUT2D eigenvalue weighted by Gasteiger charge is 2.32. The van der Waals surface area contributed by atoms with E-state index in [1.54, 1.807) is 0 Å².